The third kappa shape index (κ3) is 3.98. The maximum absolute atomic E-state index is 12.2. The van der Waals surface area contributed by atoms with Crippen molar-refractivity contribution >= 4 is 11.6 Å². The molecule has 0 bridgehead atoms. The Bertz CT molecular complexity index is 618. The number of aryl methyl sites for hydroxylation is 1. The standard InChI is InChI=1S/C18H24N2O2/c1-12(2)15-8-5-7-13(3)18(15)20-17(21)11-19-14(4)16-9-6-10-22-16/h5-10,12,14,19H,11H2,1-4H3,(H,20,21)/p+1/t14-/m0/s1. The molecule has 118 valence electrons. The number of hydrogen-bond donors (Lipinski definition) is 2. The van der Waals surface area contributed by atoms with Crippen LogP contribution >= 0.6 is 0 Å². The summed E-state index contributed by atoms with van der Waals surface area (Å²) in [4.78, 5) is 12.2. The molecule has 0 unspecified atom stereocenters. The first-order valence-electron chi connectivity index (χ1n) is 7.75. The molecule has 0 aliphatic heterocycles. The van der Waals surface area contributed by atoms with Gasteiger partial charge in [0.15, 0.2) is 12.3 Å². The Morgan fingerprint density at radius 3 is 2.64 bits per heavy atom. The highest BCUT2D eigenvalue weighted by Crippen LogP contribution is 2.27. The summed E-state index contributed by atoms with van der Waals surface area (Å²) in [5.74, 6) is 1.27. The van der Waals surface area contributed by atoms with Crippen LogP contribution in [0.15, 0.2) is 41.0 Å². The first-order valence-corrected chi connectivity index (χ1v) is 7.75. The van der Waals surface area contributed by atoms with Crippen LogP contribution in [0.2, 0.25) is 0 Å². The predicted octanol–water partition coefficient (Wildman–Crippen LogP) is 2.97. The molecule has 0 aliphatic rings. The summed E-state index contributed by atoms with van der Waals surface area (Å²) < 4.78 is 5.35. The summed E-state index contributed by atoms with van der Waals surface area (Å²) in [6, 6.07) is 10.0. The molecule has 0 saturated heterocycles. The van der Waals surface area contributed by atoms with Gasteiger partial charge < -0.3 is 15.1 Å². The summed E-state index contributed by atoms with van der Waals surface area (Å²) in [5, 5.41) is 5.03. The number of quaternary nitrogens is 1. The van der Waals surface area contributed by atoms with Crippen LogP contribution in [0.5, 0.6) is 0 Å². The van der Waals surface area contributed by atoms with Crippen molar-refractivity contribution in [1.82, 2.24) is 0 Å². The fourth-order valence-electron chi connectivity index (χ4n) is 2.48. The van der Waals surface area contributed by atoms with Crippen molar-refractivity contribution in [1.29, 1.82) is 0 Å². The second kappa shape index (κ2) is 7.27. The molecule has 0 fully saturated rings. The molecule has 0 spiro atoms. The van der Waals surface area contributed by atoms with E-state index in [4.69, 9.17) is 4.42 Å². The van der Waals surface area contributed by atoms with Crippen molar-refractivity contribution in [2.24, 2.45) is 0 Å². The van der Waals surface area contributed by atoms with Crippen LogP contribution in [-0.4, -0.2) is 12.5 Å². The quantitative estimate of drug-likeness (QED) is 0.861. The minimum atomic E-state index is 0.00889. The smallest absolute Gasteiger partial charge is 0.279 e. The van der Waals surface area contributed by atoms with Gasteiger partial charge >= 0.3 is 0 Å². The molecule has 1 atom stereocenters. The Morgan fingerprint density at radius 1 is 1.23 bits per heavy atom. The van der Waals surface area contributed by atoms with Crippen molar-refractivity contribution in [2.45, 2.75) is 39.7 Å². The second-order valence-corrected chi connectivity index (χ2v) is 5.99. The lowest BCUT2D eigenvalue weighted by Crippen LogP contribution is -2.86. The van der Waals surface area contributed by atoms with E-state index < -0.39 is 0 Å². The van der Waals surface area contributed by atoms with Crippen molar-refractivity contribution < 1.29 is 14.5 Å². The van der Waals surface area contributed by atoms with E-state index in [0.29, 0.717) is 12.5 Å². The SMILES string of the molecule is Cc1cccc(C(C)C)c1NC(=O)C[NH2+][C@@H](C)c1ccco1. The minimum Gasteiger partial charge on any atom is -0.463 e. The fourth-order valence-corrected chi connectivity index (χ4v) is 2.48. The summed E-state index contributed by atoms with van der Waals surface area (Å²) in [5.41, 5.74) is 3.22. The first kappa shape index (κ1) is 16.3. The Morgan fingerprint density at radius 2 is 2.00 bits per heavy atom. The molecule has 1 aromatic heterocycles. The van der Waals surface area contributed by atoms with Gasteiger partial charge in [0.1, 0.15) is 6.04 Å². The number of para-hydroxylation sites is 1. The average molecular weight is 301 g/mol. The lowest BCUT2D eigenvalue weighted by molar-refractivity contribution is -0.684. The highest BCUT2D eigenvalue weighted by Gasteiger charge is 2.16. The van der Waals surface area contributed by atoms with Gasteiger partial charge in [-0.05, 0) is 43.0 Å². The molecular weight excluding hydrogens is 276 g/mol. The van der Waals surface area contributed by atoms with Gasteiger partial charge in [0.25, 0.3) is 5.91 Å². The Labute approximate surface area is 131 Å². The largest absolute Gasteiger partial charge is 0.463 e. The molecule has 0 aliphatic carbocycles. The van der Waals surface area contributed by atoms with Gasteiger partial charge in [-0.15, -0.1) is 0 Å². The molecule has 1 heterocycles. The highest BCUT2D eigenvalue weighted by molar-refractivity contribution is 5.93. The summed E-state index contributed by atoms with van der Waals surface area (Å²) in [7, 11) is 0. The first-order chi connectivity index (χ1) is 10.5. The lowest BCUT2D eigenvalue weighted by atomic mass is 9.98. The Kier molecular flexibility index (Phi) is 5.39. The van der Waals surface area contributed by atoms with Crippen molar-refractivity contribution in [3.63, 3.8) is 0 Å². The maximum atomic E-state index is 12.2. The third-order valence-electron chi connectivity index (χ3n) is 3.84. The van der Waals surface area contributed by atoms with E-state index in [1.807, 2.05) is 43.4 Å². The number of anilines is 1. The fraction of sp³-hybridized carbons (Fsp3) is 0.389. The molecule has 0 radical (unpaired) electrons. The monoisotopic (exact) mass is 301 g/mol. The Balaban J connectivity index is 1.98. The van der Waals surface area contributed by atoms with E-state index in [0.717, 1.165) is 17.0 Å². The van der Waals surface area contributed by atoms with E-state index >= 15 is 0 Å². The van der Waals surface area contributed by atoms with Gasteiger partial charge in [0.2, 0.25) is 0 Å². The number of rotatable bonds is 6. The summed E-state index contributed by atoms with van der Waals surface area (Å²) in [6.45, 7) is 8.69. The zero-order chi connectivity index (χ0) is 16.1. The number of nitrogens with one attached hydrogen (secondary N) is 1. The number of amides is 1. The van der Waals surface area contributed by atoms with Gasteiger partial charge in [-0.3, -0.25) is 4.79 Å². The van der Waals surface area contributed by atoms with Gasteiger partial charge in [0, 0.05) is 5.69 Å². The van der Waals surface area contributed by atoms with E-state index in [2.05, 4.69) is 25.2 Å². The van der Waals surface area contributed by atoms with Gasteiger partial charge in [0.05, 0.1) is 6.26 Å². The second-order valence-electron chi connectivity index (χ2n) is 5.99. The van der Waals surface area contributed by atoms with Crippen molar-refractivity contribution in [3.05, 3.63) is 53.5 Å². The number of nitrogens with two attached hydrogens (primary N) is 1. The molecule has 1 aromatic carbocycles. The van der Waals surface area contributed by atoms with Crippen LogP contribution in [0.1, 0.15) is 49.6 Å². The number of benzene rings is 1. The number of carbonyl (C=O) groups excluding carboxylic acids is 1. The predicted molar refractivity (Wildman–Crippen MR) is 87.8 cm³/mol. The third-order valence-corrected chi connectivity index (χ3v) is 3.84. The van der Waals surface area contributed by atoms with Crippen molar-refractivity contribution in [3.8, 4) is 0 Å². The van der Waals surface area contributed by atoms with Crippen LogP contribution in [0.3, 0.4) is 0 Å². The zero-order valence-corrected chi connectivity index (χ0v) is 13.7. The zero-order valence-electron chi connectivity index (χ0n) is 13.7. The minimum absolute atomic E-state index is 0.00889. The van der Waals surface area contributed by atoms with Crippen LogP contribution in [0.4, 0.5) is 5.69 Å². The molecule has 22 heavy (non-hydrogen) atoms. The molecule has 1 amide bonds. The average Bonchev–Trinajstić information content (AvgIpc) is 3.01. The van der Waals surface area contributed by atoms with Crippen LogP contribution in [-0.2, 0) is 4.79 Å². The van der Waals surface area contributed by atoms with Crippen molar-refractivity contribution in [2.75, 3.05) is 11.9 Å². The summed E-state index contributed by atoms with van der Waals surface area (Å²) in [6.07, 6.45) is 1.65. The topological polar surface area (TPSA) is 58.9 Å². The summed E-state index contributed by atoms with van der Waals surface area (Å²) >= 11 is 0. The molecule has 4 heteroatoms. The molecule has 4 nitrogen and oxygen atoms in total. The van der Waals surface area contributed by atoms with E-state index in [9.17, 15) is 4.79 Å². The van der Waals surface area contributed by atoms with Gasteiger partial charge in [-0.1, -0.05) is 32.0 Å². The Hall–Kier alpha value is -2.07. The molecule has 0 saturated carbocycles. The normalized spacial score (nSPS) is 12.4. The van der Waals surface area contributed by atoms with E-state index in [1.165, 1.54) is 5.56 Å². The van der Waals surface area contributed by atoms with Gasteiger partial charge in [-0.2, -0.15) is 0 Å². The molecule has 2 aromatic rings. The number of hydrogen-bond acceptors (Lipinski definition) is 2. The number of carbonyl (C=O) groups is 1. The van der Waals surface area contributed by atoms with Gasteiger partial charge in [-0.25, -0.2) is 0 Å². The number of furan rings is 1. The van der Waals surface area contributed by atoms with E-state index in [1.54, 1.807) is 6.26 Å². The lowest BCUT2D eigenvalue weighted by Gasteiger charge is -2.16. The molecular formula is C18H25N2O2+. The molecule has 3 N–H and O–H groups in total. The van der Waals surface area contributed by atoms with Crippen LogP contribution in [0, 0.1) is 6.92 Å². The highest BCUT2D eigenvalue weighted by atomic mass is 16.3. The maximum Gasteiger partial charge on any atom is 0.279 e. The van der Waals surface area contributed by atoms with E-state index in [-0.39, 0.29) is 11.9 Å². The van der Waals surface area contributed by atoms with Crippen LogP contribution < -0.4 is 10.6 Å². The molecule has 2 rings (SSSR count). The van der Waals surface area contributed by atoms with Crippen LogP contribution in [0.25, 0.3) is 0 Å².